The van der Waals surface area contributed by atoms with Crippen LogP contribution in [0.25, 0.3) is 5.57 Å². The summed E-state index contributed by atoms with van der Waals surface area (Å²) in [6.45, 7) is -0.238. The summed E-state index contributed by atoms with van der Waals surface area (Å²) in [5, 5.41) is 19.4. The number of hydrogen-bond acceptors (Lipinski definition) is 4. The van der Waals surface area contributed by atoms with Crippen LogP contribution in [-0.4, -0.2) is 28.2 Å². The Morgan fingerprint density at radius 3 is 1.97 bits per heavy atom. The van der Waals surface area contributed by atoms with Crippen molar-refractivity contribution in [3.63, 3.8) is 0 Å². The number of phenolic OH excluding ortho intramolecular Hbond substituents is 1. The number of aliphatic hydroxyl groups excluding tert-OH is 1. The maximum atomic E-state index is 13.4. The number of benzene rings is 3. The minimum absolute atomic E-state index is 0. The molecule has 1 saturated heterocycles. The molecule has 9 heteroatoms. The van der Waals surface area contributed by atoms with Crippen molar-refractivity contribution in [1.82, 2.24) is 0 Å². The van der Waals surface area contributed by atoms with Crippen molar-refractivity contribution in [2.75, 3.05) is 11.5 Å². The van der Waals surface area contributed by atoms with Gasteiger partial charge in [0.25, 0.3) is 0 Å². The van der Waals surface area contributed by atoms with E-state index in [1.165, 1.54) is 24.3 Å². The van der Waals surface area contributed by atoms with Gasteiger partial charge in [-0.15, -0.1) is 24.0 Å². The molecule has 3 N–H and O–H groups in total. The van der Waals surface area contributed by atoms with Crippen molar-refractivity contribution in [2.24, 2.45) is 5.92 Å². The third-order valence-electron chi connectivity index (χ3n) is 5.56. The standard InChI is InChI=1S/C25H21F2NO3.HI.Li.H2O/c26-19-6-1-16(2-7-19)18(15-29)5-14-23-24(17-3-12-22(30)13-4-17)28(25(23)31)21-10-8-20(27)9-11-21;;;/h1-13,23-24,29-30H,14-15H2;1H;;1H2/q;;+1;/p-1/b18-5+;;;/t23-,24-;;;/m1.../s1. The van der Waals surface area contributed by atoms with Gasteiger partial charge in [-0.1, -0.05) is 30.3 Å². The molecule has 5 nitrogen and oxygen atoms in total. The second-order valence-electron chi connectivity index (χ2n) is 7.46. The van der Waals surface area contributed by atoms with Crippen LogP contribution in [0.5, 0.6) is 5.75 Å². The zero-order valence-corrected chi connectivity index (χ0v) is 20.8. The number of carbonyl (C=O) groups excluding carboxylic acids is 1. The van der Waals surface area contributed by atoms with E-state index in [2.05, 4.69) is 0 Å². The van der Waals surface area contributed by atoms with E-state index in [0.29, 0.717) is 23.2 Å². The van der Waals surface area contributed by atoms with Crippen LogP contribution in [0, 0.1) is 17.6 Å². The summed E-state index contributed by atoms with van der Waals surface area (Å²) in [5.41, 5.74) is 2.72. The number of allylic oxidation sites excluding steroid dienone is 1. The minimum Gasteiger partial charge on any atom is -0.870 e. The number of anilines is 1. The molecule has 3 aromatic carbocycles. The summed E-state index contributed by atoms with van der Waals surface area (Å²) < 4.78 is 26.6. The molecule has 1 amide bonds. The molecule has 174 valence electrons. The number of phenols is 1. The molecule has 1 aliphatic rings. The maximum absolute atomic E-state index is 13.4. The summed E-state index contributed by atoms with van der Waals surface area (Å²) in [6, 6.07) is 17.9. The van der Waals surface area contributed by atoms with Gasteiger partial charge < -0.3 is 20.6 Å². The van der Waals surface area contributed by atoms with Crippen molar-refractivity contribution in [3.05, 3.63) is 102 Å². The van der Waals surface area contributed by atoms with Gasteiger partial charge >= 0.3 is 18.9 Å². The van der Waals surface area contributed by atoms with Crippen LogP contribution >= 0.6 is 24.0 Å². The first-order valence-electron chi connectivity index (χ1n) is 9.91. The number of aromatic hydroxyl groups is 1. The molecule has 4 rings (SSSR count). The number of amides is 1. The van der Waals surface area contributed by atoms with Crippen LogP contribution in [0.2, 0.25) is 0 Å². The fraction of sp³-hybridized carbons (Fsp3) is 0.160. The van der Waals surface area contributed by atoms with Gasteiger partial charge in [0, 0.05) is 5.69 Å². The predicted octanol–water partition coefficient (Wildman–Crippen LogP) is 2.29. The Hall–Kier alpha value is -2.22. The van der Waals surface area contributed by atoms with E-state index in [4.69, 9.17) is 0 Å². The quantitative estimate of drug-likeness (QED) is 0.269. The molecular formula is C25H23F2ILiNO4. The van der Waals surface area contributed by atoms with Crippen molar-refractivity contribution < 1.29 is 48.1 Å². The molecule has 1 aliphatic heterocycles. The van der Waals surface area contributed by atoms with Gasteiger partial charge in [0.05, 0.1) is 18.6 Å². The Morgan fingerprint density at radius 2 is 1.44 bits per heavy atom. The molecule has 0 unspecified atom stereocenters. The number of rotatable bonds is 6. The van der Waals surface area contributed by atoms with E-state index < -0.39 is 5.92 Å². The number of aliphatic hydroxyl groups is 1. The van der Waals surface area contributed by atoms with E-state index in [1.54, 1.807) is 59.5 Å². The fourth-order valence-corrected chi connectivity index (χ4v) is 3.93. The molecule has 0 radical (unpaired) electrons. The third-order valence-corrected chi connectivity index (χ3v) is 5.56. The monoisotopic (exact) mass is 573 g/mol. The van der Waals surface area contributed by atoms with Crippen molar-refractivity contribution in [3.8, 4) is 5.75 Å². The fourth-order valence-electron chi connectivity index (χ4n) is 3.93. The number of halogens is 3. The molecule has 0 aliphatic carbocycles. The predicted molar refractivity (Wildman–Crippen MR) is 132 cm³/mol. The Labute approximate surface area is 225 Å². The first kappa shape index (κ1) is 29.8. The van der Waals surface area contributed by atoms with Crippen LogP contribution in [0.3, 0.4) is 0 Å². The van der Waals surface area contributed by atoms with E-state index in [-0.39, 0.29) is 84.3 Å². The Balaban J connectivity index is 0.00000193. The number of nitrogens with zero attached hydrogens (tertiary/aromatic N) is 1. The van der Waals surface area contributed by atoms with Crippen molar-refractivity contribution in [2.45, 2.75) is 12.5 Å². The van der Waals surface area contributed by atoms with E-state index in [9.17, 15) is 23.8 Å². The molecular weight excluding hydrogens is 550 g/mol. The first-order chi connectivity index (χ1) is 15.0. The zero-order valence-electron chi connectivity index (χ0n) is 18.4. The number of hydrogen-bond donors (Lipinski definition) is 2. The summed E-state index contributed by atoms with van der Waals surface area (Å²) in [7, 11) is 0. The van der Waals surface area contributed by atoms with Crippen molar-refractivity contribution in [1.29, 1.82) is 0 Å². The van der Waals surface area contributed by atoms with Gasteiger partial charge in [0.15, 0.2) is 0 Å². The summed E-state index contributed by atoms with van der Waals surface area (Å²) in [4.78, 5) is 14.6. The van der Waals surface area contributed by atoms with Crippen LogP contribution in [0.15, 0.2) is 78.9 Å². The summed E-state index contributed by atoms with van der Waals surface area (Å²) in [5.74, 6) is -1.13. The van der Waals surface area contributed by atoms with Crippen LogP contribution in [0.4, 0.5) is 14.5 Å². The molecule has 34 heavy (non-hydrogen) atoms. The van der Waals surface area contributed by atoms with E-state index >= 15 is 0 Å². The average molecular weight is 573 g/mol. The average Bonchev–Trinajstić information content (AvgIpc) is 2.78. The molecule has 3 aromatic rings. The molecule has 0 saturated carbocycles. The smallest absolute Gasteiger partial charge is 0.870 e. The molecule has 0 bridgehead atoms. The Kier molecular flexibility index (Phi) is 11.4. The van der Waals surface area contributed by atoms with Gasteiger partial charge in [-0.25, -0.2) is 8.78 Å². The van der Waals surface area contributed by atoms with Gasteiger partial charge in [0.1, 0.15) is 17.4 Å². The van der Waals surface area contributed by atoms with Crippen molar-refractivity contribution >= 4 is 41.1 Å². The van der Waals surface area contributed by atoms with Gasteiger partial charge in [-0.3, -0.25) is 4.79 Å². The number of β-lactam (4-membered cyclic amide) rings is 1. The molecule has 0 spiro atoms. The summed E-state index contributed by atoms with van der Waals surface area (Å²) >= 11 is 0. The van der Waals surface area contributed by atoms with Crippen LogP contribution in [-0.2, 0) is 4.79 Å². The molecule has 2 atom stereocenters. The van der Waals surface area contributed by atoms with Crippen LogP contribution < -0.4 is 23.8 Å². The second kappa shape index (κ2) is 13.0. The van der Waals surface area contributed by atoms with Gasteiger partial charge in [-0.2, -0.15) is 0 Å². The number of carbonyl (C=O) groups is 1. The third kappa shape index (κ3) is 6.26. The van der Waals surface area contributed by atoms with Gasteiger partial charge in [-0.05, 0) is 71.7 Å². The minimum atomic E-state index is -0.392. The largest absolute Gasteiger partial charge is 1.00 e. The molecule has 1 heterocycles. The normalized spacial score (nSPS) is 17.1. The van der Waals surface area contributed by atoms with E-state index in [0.717, 1.165) is 5.56 Å². The Morgan fingerprint density at radius 1 is 0.912 bits per heavy atom. The van der Waals surface area contributed by atoms with Gasteiger partial charge in [0.2, 0.25) is 5.91 Å². The van der Waals surface area contributed by atoms with E-state index in [1.807, 2.05) is 0 Å². The molecule has 1 fully saturated rings. The zero-order chi connectivity index (χ0) is 22.0. The first-order valence-corrected chi connectivity index (χ1v) is 9.91. The molecule has 0 aromatic heterocycles. The maximum Gasteiger partial charge on any atom is 1.00 e. The summed E-state index contributed by atoms with van der Waals surface area (Å²) in [6.07, 6.45) is 2.17. The second-order valence-corrected chi connectivity index (χ2v) is 7.46. The topological polar surface area (TPSA) is 90.8 Å². The SMILES string of the molecule is I.O=C1[C@H](C/C=C(\CO)c2ccc(F)cc2)[C@@H](c2ccc(O)cc2)N1c1ccc(F)cc1.[Li+].[OH-]. The Bertz CT molecular complexity index is 1110. The van der Waals surface area contributed by atoms with Crippen LogP contribution in [0.1, 0.15) is 23.6 Å².